The van der Waals surface area contributed by atoms with Gasteiger partial charge in [-0.1, -0.05) is 30.0 Å². The first-order valence-corrected chi connectivity index (χ1v) is 11.1. The molecule has 2 amide bonds. The Labute approximate surface area is 171 Å². The van der Waals surface area contributed by atoms with Crippen molar-refractivity contribution in [2.75, 3.05) is 6.54 Å². The average molecular weight is 416 g/mol. The molecule has 1 aliphatic rings. The molecule has 1 unspecified atom stereocenters. The highest BCUT2D eigenvalue weighted by Gasteiger charge is 2.27. The minimum absolute atomic E-state index is 0.129. The Morgan fingerprint density at radius 1 is 1.39 bits per heavy atom. The summed E-state index contributed by atoms with van der Waals surface area (Å²) in [5.74, 6) is 0.378. The minimum Gasteiger partial charge on any atom is -0.451 e. The third-order valence-corrected chi connectivity index (χ3v) is 6.85. The molecule has 2 aromatic heterocycles. The molecule has 3 heterocycles. The van der Waals surface area contributed by atoms with E-state index in [1.54, 1.807) is 23.1 Å². The summed E-state index contributed by atoms with van der Waals surface area (Å²) < 4.78 is 6.84. The summed E-state index contributed by atoms with van der Waals surface area (Å²) >= 11 is 3.17. The smallest absolute Gasteiger partial charge is 0.288 e. The molecule has 146 valence electrons. The maximum Gasteiger partial charge on any atom is 0.288 e. The van der Waals surface area contributed by atoms with Gasteiger partial charge in [0.15, 0.2) is 5.76 Å². The number of hydrogen-bond donors (Lipinski definition) is 2. The lowest BCUT2D eigenvalue weighted by atomic mass is 10.1. The number of furan rings is 1. The van der Waals surface area contributed by atoms with Crippen LogP contribution in [0, 0.1) is 6.92 Å². The van der Waals surface area contributed by atoms with Crippen LogP contribution in [0.4, 0.5) is 0 Å². The SMILES string of the molecule is Cc1csc(SCc2c(C(=O)NC3CCCCNC3=O)oc3ccccc23)n1. The fourth-order valence-corrected chi connectivity index (χ4v) is 5.14. The van der Waals surface area contributed by atoms with Crippen LogP contribution in [0.5, 0.6) is 0 Å². The van der Waals surface area contributed by atoms with Crippen molar-refractivity contribution >= 4 is 45.9 Å². The summed E-state index contributed by atoms with van der Waals surface area (Å²) in [7, 11) is 0. The van der Waals surface area contributed by atoms with Gasteiger partial charge >= 0.3 is 0 Å². The van der Waals surface area contributed by atoms with Crippen molar-refractivity contribution in [1.29, 1.82) is 0 Å². The van der Waals surface area contributed by atoms with Crippen LogP contribution in [-0.2, 0) is 10.5 Å². The molecule has 1 atom stereocenters. The summed E-state index contributed by atoms with van der Waals surface area (Å²) in [5, 5.41) is 8.63. The summed E-state index contributed by atoms with van der Waals surface area (Å²) in [6.45, 7) is 2.62. The van der Waals surface area contributed by atoms with Crippen molar-refractivity contribution in [3.63, 3.8) is 0 Å². The van der Waals surface area contributed by atoms with Gasteiger partial charge in [-0.25, -0.2) is 4.98 Å². The maximum absolute atomic E-state index is 13.0. The van der Waals surface area contributed by atoms with Crippen LogP contribution in [0.15, 0.2) is 38.4 Å². The maximum atomic E-state index is 13.0. The van der Waals surface area contributed by atoms with Gasteiger partial charge in [0.1, 0.15) is 16.0 Å². The summed E-state index contributed by atoms with van der Waals surface area (Å²) in [5.41, 5.74) is 2.49. The van der Waals surface area contributed by atoms with E-state index >= 15 is 0 Å². The number of amides is 2. The van der Waals surface area contributed by atoms with E-state index in [2.05, 4.69) is 15.6 Å². The Hall–Kier alpha value is -2.32. The van der Waals surface area contributed by atoms with Crippen molar-refractivity contribution < 1.29 is 14.0 Å². The van der Waals surface area contributed by atoms with Crippen LogP contribution in [0.3, 0.4) is 0 Å². The van der Waals surface area contributed by atoms with Crippen LogP contribution < -0.4 is 10.6 Å². The van der Waals surface area contributed by atoms with Gasteiger partial charge in [0.25, 0.3) is 5.91 Å². The van der Waals surface area contributed by atoms with Crippen LogP contribution in [-0.4, -0.2) is 29.4 Å². The number of aryl methyl sites for hydroxylation is 1. The second-order valence-corrected chi connectivity index (χ2v) is 8.84. The number of fused-ring (bicyclic) bond motifs is 1. The number of rotatable bonds is 5. The highest BCUT2D eigenvalue weighted by atomic mass is 32.2. The van der Waals surface area contributed by atoms with Gasteiger partial charge in [-0.3, -0.25) is 9.59 Å². The molecule has 1 aromatic carbocycles. The second-order valence-electron chi connectivity index (χ2n) is 6.76. The molecule has 8 heteroatoms. The minimum atomic E-state index is -0.523. The molecule has 1 fully saturated rings. The largest absolute Gasteiger partial charge is 0.451 e. The zero-order valence-corrected chi connectivity index (χ0v) is 17.1. The number of benzene rings is 1. The third kappa shape index (κ3) is 4.07. The van der Waals surface area contributed by atoms with E-state index in [4.69, 9.17) is 4.42 Å². The van der Waals surface area contributed by atoms with Crippen LogP contribution >= 0.6 is 23.1 Å². The Kier molecular flexibility index (Phi) is 5.68. The first-order valence-electron chi connectivity index (χ1n) is 9.26. The van der Waals surface area contributed by atoms with E-state index in [1.807, 2.05) is 36.6 Å². The predicted octanol–water partition coefficient (Wildman–Crippen LogP) is 3.89. The van der Waals surface area contributed by atoms with Gasteiger partial charge in [-0.05, 0) is 32.3 Å². The van der Waals surface area contributed by atoms with Gasteiger partial charge in [-0.2, -0.15) is 0 Å². The van der Waals surface area contributed by atoms with Gasteiger partial charge in [0.05, 0.1) is 0 Å². The Balaban J connectivity index is 1.59. The van der Waals surface area contributed by atoms with Gasteiger partial charge in [0.2, 0.25) is 5.91 Å². The highest BCUT2D eigenvalue weighted by molar-refractivity contribution is 8.00. The standard InChI is InChI=1S/C20H21N3O3S2/c1-12-10-27-20(22-12)28-11-14-13-6-2-3-8-16(13)26-17(14)19(25)23-15-7-4-5-9-21-18(15)24/h2-3,6,8,10,15H,4-5,7,9,11H2,1H3,(H,21,24)(H,23,25). The molecule has 28 heavy (non-hydrogen) atoms. The van der Waals surface area contributed by atoms with E-state index in [0.717, 1.165) is 33.8 Å². The van der Waals surface area contributed by atoms with E-state index < -0.39 is 6.04 Å². The lowest BCUT2D eigenvalue weighted by molar-refractivity contribution is -0.122. The Bertz CT molecular complexity index is 1010. The zero-order chi connectivity index (χ0) is 19.5. The van der Waals surface area contributed by atoms with Crippen molar-refractivity contribution in [3.05, 3.63) is 46.7 Å². The Morgan fingerprint density at radius 3 is 3.07 bits per heavy atom. The molecule has 0 radical (unpaired) electrons. The topological polar surface area (TPSA) is 84.2 Å². The first kappa shape index (κ1) is 19.0. The van der Waals surface area contributed by atoms with E-state index in [1.165, 1.54) is 0 Å². The number of carbonyl (C=O) groups is 2. The van der Waals surface area contributed by atoms with Gasteiger partial charge in [-0.15, -0.1) is 11.3 Å². The molecule has 2 N–H and O–H groups in total. The van der Waals surface area contributed by atoms with Gasteiger partial charge in [0, 0.05) is 34.3 Å². The molecule has 0 aliphatic carbocycles. The quantitative estimate of drug-likeness (QED) is 0.618. The normalized spacial score (nSPS) is 17.3. The number of para-hydroxylation sites is 1. The molecule has 0 spiro atoms. The highest BCUT2D eigenvalue weighted by Crippen LogP contribution is 2.33. The second kappa shape index (κ2) is 8.36. The molecular weight excluding hydrogens is 394 g/mol. The van der Waals surface area contributed by atoms with Crippen molar-refractivity contribution in [2.45, 2.75) is 42.3 Å². The van der Waals surface area contributed by atoms with E-state index in [0.29, 0.717) is 24.3 Å². The average Bonchev–Trinajstić information content (AvgIpc) is 3.21. The van der Waals surface area contributed by atoms with Crippen molar-refractivity contribution in [3.8, 4) is 0 Å². The van der Waals surface area contributed by atoms with Gasteiger partial charge < -0.3 is 15.1 Å². The third-order valence-electron chi connectivity index (χ3n) is 4.68. The summed E-state index contributed by atoms with van der Waals surface area (Å²) in [6, 6.07) is 7.10. The zero-order valence-electron chi connectivity index (χ0n) is 15.5. The summed E-state index contributed by atoms with van der Waals surface area (Å²) in [4.78, 5) is 29.6. The predicted molar refractivity (Wildman–Crippen MR) is 111 cm³/mol. The van der Waals surface area contributed by atoms with Crippen LogP contribution in [0.25, 0.3) is 11.0 Å². The van der Waals surface area contributed by atoms with Crippen LogP contribution in [0.2, 0.25) is 0 Å². The monoisotopic (exact) mass is 415 g/mol. The molecule has 6 nitrogen and oxygen atoms in total. The molecule has 1 saturated heterocycles. The summed E-state index contributed by atoms with van der Waals surface area (Å²) in [6.07, 6.45) is 2.47. The van der Waals surface area contributed by atoms with E-state index in [-0.39, 0.29) is 17.6 Å². The van der Waals surface area contributed by atoms with Crippen LogP contribution in [0.1, 0.15) is 41.1 Å². The lowest BCUT2D eigenvalue weighted by Crippen LogP contribution is -2.45. The number of nitrogens with zero attached hydrogens (tertiary/aromatic N) is 1. The molecule has 3 aromatic rings. The molecular formula is C20H21N3O3S2. The number of thiazole rings is 1. The Morgan fingerprint density at radius 2 is 2.25 bits per heavy atom. The lowest BCUT2D eigenvalue weighted by Gasteiger charge is -2.14. The van der Waals surface area contributed by atoms with E-state index in [9.17, 15) is 9.59 Å². The fraction of sp³-hybridized carbons (Fsp3) is 0.350. The molecule has 1 aliphatic heterocycles. The molecule has 4 rings (SSSR count). The van der Waals surface area contributed by atoms with Crippen molar-refractivity contribution in [1.82, 2.24) is 15.6 Å². The molecule has 0 bridgehead atoms. The number of thioether (sulfide) groups is 1. The van der Waals surface area contributed by atoms with Crippen molar-refractivity contribution in [2.24, 2.45) is 0 Å². The molecule has 0 saturated carbocycles. The number of hydrogen-bond acceptors (Lipinski definition) is 6. The fourth-order valence-electron chi connectivity index (χ4n) is 3.26. The number of carbonyl (C=O) groups excluding carboxylic acids is 2. The number of nitrogens with one attached hydrogen (secondary N) is 2. The number of aromatic nitrogens is 1. The first-order chi connectivity index (χ1) is 13.6.